The minimum Gasteiger partial charge on any atom is -0.444 e. The maximum absolute atomic E-state index is 12.7. The van der Waals surface area contributed by atoms with E-state index in [1.807, 2.05) is 26.0 Å². The molecule has 0 N–H and O–H groups in total. The minimum absolute atomic E-state index is 0.284. The summed E-state index contributed by atoms with van der Waals surface area (Å²) in [5, 5.41) is 5.51. The third-order valence-corrected chi connectivity index (χ3v) is 4.30. The van der Waals surface area contributed by atoms with E-state index < -0.39 is 0 Å². The molecule has 0 amide bonds. The van der Waals surface area contributed by atoms with Crippen LogP contribution >= 0.6 is 11.6 Å². The van der Waals surface area contributed by atoms with Crippen LogP contribution in [0.5, 0.6) is 0 Å². The highest BCUT2D eigenvalue weighted by Gasteiger charge is 2.19. The molecule has 7 heteroatoms. The SMILES string of the molecule is Cc1oc2c(c1C)c1ncnn1c(=O)n2Cc1ccc(Cl)cc1. The molecule has 1 aromatic carbocycles. The molecular weight excluding hydrogens is 316 g/mol. The van der Waals surface area contributed by atoms with Crippen molar-refractivity contribution in [3.8, 4) is 0 Å². The summed E-state index contributed by atoms with van der Waals surface area (Å²) in [5.74, 6) is 0.764. The Morgan fingerprint density at radius 1 is 1.22 bits per heavy atom. The van der Waals surface area contributed by atoms with E-state index in [1.54, 1.807) is 16.7 Å². The predicted octanol–water partition coefficient (Wildman–Crippen LogP) is 2.96. The second kappa shape index (κ2) is 4.96. The smallest absolute Gasteiger partial charge is 0.353 e. The largest absolute Gasteiger partial charge is 0.444 e. The lowest BCUT2D eigenvalue weighted by Gasteiger charge is -2.07. The number of nitrogens with zero attached hydrogens (tertiary/aromatic N) is 4. The number of hydrogen-bond donors (Lipinski definition) is 0. The number of aryl methyl sites for hydroxylation is 2. The first-order valence-corrected chi connectivity index (χ1v) is 7.50. The van der Waals surface area contributed by atoms with Gasteiger partial charge < -0.3 is 4.42 Å². The van der Waals surface area contributed by atoms with Crippen molar-refractivity contribution in [2.24, 2.45) is 0 Å². The first-order chi connectivity index (χ1) is 11.1. The molecule has 0 aliphatic rings. The van der Waals surface area contributed by atoms with Crippen LogP contribution in [-0.2, 0) is 6.54 Å². The summed E-state index contributed by atoms with van der Waals surface area (Å²) in [4.78, 5) is 16.9. The first kappa shape index (κ1) is 14.0. The van der Waals surface area contributed by atoms with Crippen LogP contribution in [0.25, 0.3) is 16.7 Å². The molecule has 6 nitrogen and oxygen atoms in total. The van der Waals surface area contributed by atoms with Crippen LogP contribution in [0, 0.1) is 13.8 Å². The summed E-state index contributed by atoms with van der Waals surface area (Å²) in [5.41, 5.74) is 2.66. The molecule has 4 rings (SSSR count). The molecule has 0 saturated heterocycles. The third-order valence-electron chi connectivity index (χ3n) is 4.05. The molecule has 0 bridgehead atoms. The van der Waals surface area contributed by atoms with E-state index in [-0.39, 0.29) is 5.69 Å². The molecule has 0 saturated carbocycles. The molecule has 0 fully saturated rings. The number of fused-ring (bicyclic) bond motifs is 3. The Bertz CT molecular complexity index is 1090. The average molecular weight is 329 g/mol. The zero-order valence-electron chi connectivity index (χ0n) is 12.6. The summed E-state index contributed by atoms with van der Waals surface area (Å²) in [6.07, 6.45) is 1.38. The highest BCUT2D eigenvalue weighted by atomic mass is 35.5. The maximum atomic E-state index is 12.7. The van der Waals surface area contributed by atoms with E-state index >= 15 is 0 Å². The lowest BCUT2D eigenvalue weighted by atomic mass is 10.2. The van der Waals surface area contributed by atoms with Gasteiger partial charge in [-0.15, -0.1) is 0 Å². The van der Waals surface area contributed by atoms with Gasteiger partial charge in [0.2, 0.25) is 5.71 Å². The second-order valence-corrected chi connectivity index (χ2v) is 5.89. The number of aromatic nitrogens is 4. The average Bonchev–Trinajstić information content (AvgIpc) is 3.11. The van der Waals surface area contributed by atoms with Gasteiger partial charge in [-0.05, 0) is 31.5 Å². The van der Waals surface area contributed by atoms with Gasteiger partial charge in [0, 0.05) is 10.6 Å². The van der Waals surface area contributed by atoms with Gasteiger partial charge in [0.25, 0.3) is 0 Å². The molecular formula is C16H13ClN4O2. The van der Waals surface area contributed by atoms with E-state index in [9.17, 15) is 4.79 Å². The van der Waals surface area contributed by atoms with Crippen molar-refractivity contribution in [3.63, 3.8) is 0 Å². The van der Waals surface area contributed by atoms with Gasteiger partial charge >= 0.3 is 5.69 Å². The van der Waals surface area contributed by atoms with Crippen molar-refractivity contribution in [2.45, 2.75) is 20.4 Å². The van der Waals surface area contributed by atoms with E-state index in [1.165, 1.54) is 10.8 Å². The Morgan fingerprint density at radius 3 is 2.70 bits per heavy atom. The number of hydrogen-bond acceptors (Lipinski definition) is 4. The van der Waals surface area contributed by atoms with Gasteiger partial charge in [-0.3, -0.25) is 4.57 Å². The summed E-state index contributed by atoms with van der Waals surface area (Å²) in [7, 11) is 0. The van der Waals surface area contributed by atoms with Crippen LogP contribution in [0.3, 0.4) is 0 Å². The van der Waals surface area contributed by atoms with Crippen LogP contribution in [-0.4, -0.2) is 19.2 Å². The molecule has 3 aromatic heterocycles. The Balaban J connectivity index is 2.03. The fraction of sp³-hybridized carbons (Fsp3) is 0.188. The lowest BCUT2D eigenvalue weighted by molar-refractivity contribution is 0.530. The van der Waals surface area contributed by atoms with Gasteiger partial charge in [0.15, 0.2) is 5.65 Å². The fourth-order valence-electron chi connectivity index (χ4n) is 2.73. The quantitative estimate of drug-likeness (QED) is 0.567. The Kier molecular flexibility index (Phi) is 3.02. The standard InChI is InChI=1S/C16H13ClN4O2/c1-9-10(2)23-15-13(9)14-18-8-19-21(14)16(22)20(15)7-11-3-5-12(17)6-4-11/h3-6,8H,7H2,1-2H3. The van der Waals surface area contributed by atoms with E-state index in [2.05, 4.69) is 10.1 Å². The van der Waals surface area contributed by atoms with Gasteiger partial charge in [0.05, 0.1) is 11.9 Å². The third kappa shape index (κ3) is 2.06. The number of rotatable bonds is 2. The maximum Gasteiger partial charge on any atom is 0.353 e. The van der Waals surface area contributed by atoms with Gasteiger partial charge in [0.1, 0.15) is 12.1 Å². The first-order valence-electron chi connectivity index (χ1n) is 7.13. The molecule has 4 aromatic rings. The molecule has 0 aliphatic carbocycles. The number of furan rings is 1. The van der Waals surface area contributed by atoms with Crippen LogP contribution in [0.1, 0.15) is 16.9 Å². The Labute approximate surface area is 135 Å². The molecule has 0 unspecified atom stereocenters. The summed E-state index contributed by atoms with van der Waals surface area (Å²) >= 11 is 5.92. The summed E-state index contributed by atoms with van der Waals surface area (Å²) in [6, 6.07) is 7.36. The van der Waals surface area contributed by atoms with E-state index in [0.717, 1.165) is 22.3 Å². The van der Waals surface area contributed by atoms with Crippen LogP contribution in [0.4, 0.5) is 0 Å². The van der Waals surface area contributed by atoms with Crippen LogP contribution < -0.4 is 5.69 Å². The Hall–Kier alpha value is -2.60. The lowest BCUT2D eigenvalue weighted by Crippen LogP contribution is -2.28. The fourth-order valence-corrected chi connectivity index (χ4v) is 2.85. The minimum atomic E-state index is -0.284. The van der Waals surface area contributed by atoms with Crippen molar-refractivity contribution in [1.82, 2.24) is 19.2 Å². The second-order valence-electron chi connectivity index (χ2n) is 5.45. The molecule has 116 valence electrons. The predicted molar refractivity (Wildman–Crippen MR) is 87.0 cm³/mol. The van der Waals surface area contributed by atoms with E-state index in [4.69, 9.17) is 16.0 Å². The number of benzene rings is 1. The van der Waals surface area contributed by atoms with Gasteiger partial charge in [-0.2, -0.15) is 9.61 Å². The van der Waals surface area contributed by atoms with Crippen molar-refractivity contribution in [2.75, 3.05) is 0 Å². The highest BCUT2D eigenvalue weighted by molar-refractivity contribution is 6.30. The molecule has 0 spiro atoms. The monoisotopic (exact) mass is 328 g/mol. The molecule has 0 radical (unpaired) electrons. The number of halogens is 1. The summed E-state index contributed by atoms with van der Waals surface area (Å²) < 4.78 is 8.72. The molecule has 0 atom stereocenters. The summed E-state index contributed by atoms with van der Waals surface area (Å²) in [6.45, 7) is 4.20. The normalized spacial score (nSPS) is 11.6. The molecule has 3 heterocycles. The van der Waals surface area contributed by atoms with Crippen LogP contribution in [0.15, 0.2) is 39.8 Å². The van der Waals surface area contributed by atoms with Crippen molar-refractivity contribution in [1.29, 1.82) is 0 Å². The van der Waals surface area contributed by atoms with E-state index in [0.29, 0.717) is 22.9 Å². The van der Waals surface area contributed by atoms with Gasteiger partial charge in [-0.1, -0.05) is 23.7 Å². The van der Waals surface area contributed by atoms with Crippen molar-refractivity contribution >= 4 is 28.3 Å². The zero-order valence-corrected chi connectivity index (χ0v) is 13.3. The molecule has 0 aliphatic heterocycles. The Morgan fingerprint density at radius 2 is 1.96 bits per heavy atom. The topological polar surface area (TPSA) is 65.3 Å². The highest BCUT2D eigenvalue weighted by Crippen LogP contribution is 2.26. The van der Waals surface area contributed by atoms with Crippen LogP contribution in [0.2, 0.25) is 5.02 Å². The zero-order chi connectivity index (χ0) is 16.1. The molecule has 23 heavy (non-hydrogen) atoms. The van der Waals surface area contributed by atoms with Crippen molar-refractivity contribution < 1.29 is 4.42 Å². The van der Waals surface area contributed by atoms with Crippen molar-refractivity contribution in [3.05, 3.63) is 63.0 Å². The van der Waals surface area contributed by atoms with Gasteiger partial charge in [-0.25, -0.2) is 9.78 Å².